The average molecular weight is 513 g/mol. The minimum absolute atomic E-state index is 0.216. The Balaban J connectivity index is 2.55. The van der Waals surface area contributed by atoms with Crippen molar-refractivity contribution in [3.8, 4) is 0 Å². The molecule has 0 bridgehead atoms. The molecule has 1 saturated heterocycles. The van der Waals surface area contributed by atoms with E-state index in [4.69, 9.17) is 5.73 Å². The van der Waals surface area contributed by atoms with Gasteiger partial charge in [0, 0.05) is 6.54 Å². The maximum absolute atomic E-state index is 12.7. The molecular formula is C23H40N6O7. The number of nitrogens with one attached hydrogen (secondary N) is 4. The smallest absolute Gasteiger partial charge is 0.326 e. The third-order valence-electron chi connectivity index (χ3n) is 5.78. The summed E-state index contributed by atoms with van der Waals surface area (Å²) in [7, 11) is 0. The fourth-order valence-corrected chi connectivity index (χ4v) is 3.78. The molecule has 1 aliphatic heterocycles. The van der Waals surface area contributed by atoms with Gasteiger partial charge in [0.05, 0.1) is 19.1 Å². The summed E-state index contributed by atoms with van der Waals surface area (Å²) in [5.41, 5.74) is 5.79. The third-order valence-corrected chi connectivity index (χ3v) is 5.78. The lowest BCUT2D eigenvalue weighted by Gasteiger charge is -2.24. The van der Waals surface area contributed by atoms with Gasteiger partial charge in [-0.05, 0) is 38.0 Å². The molecule has 1 fully saturated rings. The number of rotatable bonds is 13. The quantitative estimate of drug-likeness (QED) is 0.168. The highest BCUT2D eigenvalue weighted by molar-refractivity contribution is 5.94. The van der Waals surface area contributed by atoms with Crippen molar-refractivity contribution >= 4 is 35.5 Å². The van der Waals surface area contributed by atoms with E-state index in [1.807, 2.05) is 13.8 Å². The lowest BCUT2D eigenvalue weighted by molar-refractivity contribution is -0.148. The maximum atomic E-state index is 12.7. The van der Waals surface area contributed by atoms with Crippen LogP contribution in [0.15, 0.2) is 0 Å². The third kappa shape index (κ3) is 9.80. The van der Waals surface area contributed by atoms with Crippen molar-refractivity contribution in [2.75, 3.05) is 19.6 Å². The van der Waals surface area contributed by atoms with Crippen molar-refractivity contribution in [2.45, 2.75) is 78.0 Å². The topological polar surface area (TPSA) is 200 Å². The van der Waals surface area contributed by atoms with Gasteiger partial charge in [-0.3, -0.25) is 24.0 Å². The van der Waals surface area contributed by atoms with Gasteiger partial charge in [-0.2, -0.15) is 0 Å². The van der Waals surface area contributed by atoms with Crippen molar-refractivity contribution in [2.24, 2.45) is 17.6 Å². The van der Waals surface area contributed by atoms with Gasteiger partial charge in [0.25, 0.3) is 0 Å². The fraction of sp³-hybridized carbons (Fsp3) is 0.739. The molecule has 0 aromatic carbocycles. The van der Waals surface area contributed by atoms with Gasteiger partial charge in [-0.15, -0.1) is 0 Å². The summed E-state index contributed by atoms with van der Waals surface area (Å²) in [6.45, 7) is 8.24. The van der Waals surface area contributed by atoms with Gasteiger partial charge in [0.1, 0.15) is 18.1 Å². The molecule has 0 aromatic rings. The van der Waals surface area contributed by atoms with Crippen LogP contribution >= 0.6 is 0 Å². The number of nitrogens with two attached hydrogens (primary N) is 1. The van der Waals surface area contributed by atoms with Crippen LogP contribution in [0.3, 0.4) is 0 Å². The van der Waals surface area contributed by atoms with Crippen LogP contribution in [0.2, 0.25) is 0 Å². The summed E-state index contributed by atoms with van der Waals surface area (Å²) >= 11 is 0. The molecule has 0 spiro atoms. The lowest BCUT2D eigenvalue weighted by Crippen LogP contribution is -2.56. The number of aliphatic carboxylic acids is 1. The predicted octanol–water partition coefficient (Wildman–Crippen LogP) is -1.69. The molecular weight excluding hydrogens is 472 g/mol. The Morgan fingerprint density at radius 3 is 2.08 bits per heavy atom. The molecule has 0 aliphatic carbocycles. The van der Waals surface area contributed by atoms with Crippen molar-refractivity contribution in [3.05, 3.63) is 0 Å². The summed E-state index contributed by atoms with van der Waals surface area (Å²) in [6.07, 6.45) is 1.40. The van der Waals surface area contributed by atoms with Gasteiger partial charge in [-0.1, -0.05) is 27.7 Å². The largest absolute Gasteiger partial charge is 0.480 e. The first-order valence-corrected chi connectivity index (χ1v) is 12.2. The van der Waals surface area contributed by atoms with Crippen molar-refractivity contribution in [1.82, 2.24) is 26.2 Å². The SMILES string of the molecule is CC(C)C[C@H](N)C(=O)NCC(=O)N[C@H](C(=O)N[C@@H](C)C(=O)NCC(=O)N1CCC[C@H]1C(=O)O)C(C)C. The maximum Gasteiger partial charge on any atom is 0.326 e. The van der Waals surface area contributed by atoms with E-state index in [-0.39, 0.29) is 18.4 Å². The van der Waals surface area contributed by atoms with Crippen molar-refractivity contribution < 1.29 is 33.9 Å². The predicted molar refractivity (Wildman–Crippen MR) is 130 cm³/mol. The van der Waals surface area contributed by atoms with E-state index >= 15 is 0 Å². The zero-order chi connectivity index (χ0) is 27.6. The number of carboxylic acid groups (broad SMARTS) is 1. The summed E-state index contributed by atoms with van der Waals surface area (Å²) < 4.78 is 0. The van der Waals surface area contributed by atoms with Crippen LogP contribution in [0.25, 0.3) is 0 Å². The minimum Gasteiger partial charge on any atom is -0.480 e. The Kier molecular flexibility index (Phi) is 12.3. The highest BCUT2D eigenvalue weighted by Gasteiger charge is 2.34. The van der Waals surface area contributed by atoms with Crippen LogP contribution in [-0.4, -0.2) is 89.3 Å². The number of carbonyl (C=O) groups excluding carboxylic acids is 5. The van der Waals surface area contributed by atoms with E-state index in [1.165, 1.54) is 11.8 Å². The van der Waals surface area contributed by atoms with Crippen LogP contribution < -0.4 is 27.0 Å². The standard InChI is InChI=1S/C23H40N6O7/c1-12(2)9-15(24)21(33)25-10-17(30)28-19(13(3)4)22(34)27-14(5)20(32)26-11-18(31)29-8-6-7-16(29)23(35)36/h12-16,19H,6-11,24H2,1-5H3,(H,25,33)(H,26,32)(H,27,34)(H,28,30)(H,35,36)/t14-,15-,16-,19-/m0/s1. The molecule has 0 aromatic heterocycles. The van der Waals surface area contributed by atoms with Gasteiger partial charge in [-0.25, -0.2) is 4.79 Å². The molecule has 4 atom stereocenters. The number of likely N-dealkylation sites (tertiary alicyclic amines) is 1. The second-order valence-corrected chi connectivity index (χ2v) is 9.77. The molecule has 7 N–H and O–H groups in total. The molecule has 5 amide bonds. The minimum atomic E-state index is -1.09. The molecule has 0 radical (unpaired) electrons. The van der Waals surface area contributed by atoms with E-state index < -0.39 is 66.2 Å². The van der Waals surface area contributed by atoms with E-state index in [0.29, 0.717) is 25.8 Å². The van der Waals surface area contributed by atoms with Crippen LogP contribution in [0.1, 0.15) is 53.9 Å². The number of hydrogen-bond donors (Lipinski definition) is 6. The summed E-state index contributed by atoms with van der Waals surface area (Å²) in [5, 5.41) is 19.1. The number of carbonyl (C=O) groups is 6. The summed E-state index contributed by atoms with van der Waals surface area (Å²) in [4.78, 5) is 74.2. The van der Waals surface area contributed by atoms with E-state index in [0.717, 1.165) is 0 Å². The summed E-state index contributed by atoms with van der Waals surface area (Å²) in [6, 6.07) is -3.64. The first kappa shape index (κ1) is 30.8. The number of nitrogens with zero attached hydrogens (tertiary/aromatic N) is 1. The van der Waals surface area contributed by atoms with E-state index in [2.05, 4.69) is 21.3 Å². The number of hydrogen-bond acceptors (Lipinski definition) is 7. The van der Waals surface area contributed by atoms with Crippen LogP contribution in [0.4, 0.5) is 0 Å². The molecule has 13 nitrogen and oxygen atoms in total. The van der Waals surface area contributed by atoms with Crippen LogP contribution in [0, 0.1) is 11.8 Å². The first-order valence-electron chi connectivity index (χ1n) is 12.2. The lowest BCUT2D eigenvalue weighted by atomic mass is 10.0. The Morgan fingerprint density at radius 2 is 1.53 bits per heavy atom. The molecule has 204 valence electrons. The Labute approximate surface area is 211 Å². The van der Waals surface area contributed by atoms with Crippen LogP contribution in [0.5, 0.6) is 0 Å². The Morgan fingerprint density at radius 1 is 0.917 bits per heavy atom. The molecule has 13 heteroatoms. The zero-order valence-electron chi connectivity index (χ0n) is 21.6. The highest BCUT2D eigenvalue weighted by Crippen LogP contribution is 2.17. The average Bonchev–Trinajstić information content (AvgIpc) is 3.28. The normalized spacial score (nSPS) is 17.8. The van der Waals surface area contributed by atoms with Gasteiger partial charge < -0.3 is 37.0 Å². The monoisotopic (exact) mass is 512 g/mol. The van der Waals surface area contributed by atoms with Gasteiger partial charge in [0.15, 0.2) is 0 Å². The molecule has 0 saturated carbocycles. The summed E-state index contributed by atoms with van der Waals surface area (Å²) in [5.74, 6) is -4.02. The van der Waals surface area contributed by atoms with Gasteiger partial charge in [0.2, 0.25) is 29.5 Å². The fourth-order valence-electron chi connectivity index (χ4n) is 3.78. The molecule has 1 heterocycles. The molecule has 0 unspecified atom stereocenters. The first-order chi connectivity index (χ1) is 16.7. The Hall–Kier alpha value is -3.22. The molecule has 1 rings (SSSR count). The second-order valence-electron chi connectivity index (χ2n) is 9.77. The highest BCUT2D eigenvalue weighted by atomic mass is 16.4. The van der Waals surface area contributed by atoms with E-state index in [9.17, 15) is 33.9 Å². The Bertz CT molecular complexity index is 832. The van der Waals surface area contributed by atoms with Crippen molar-refractivity contribution in [3.63, 3.8) is 0 Å². The van der Waals surface area contributed by atoms with Gasteiger partial charge >= 0.3 is 5.97 Å². The number of carboxylic acids is 1. The van der Waals surface area contributed by atoms with Crippen molar-refractivity contribution in [1.29, 1.82) is 0 Å². The molecule has 1 aliphatic rings. The molecule has 36 heavy (non-hydrogen) atoms. The zero-order valence-corrected chi connectivity index (χ0v) is 21.6. The van der Waals surface area contributed by atoms with Crippen LogP contribution in [-0.2, 0) is 28.8 Å². The van der Waals surface area contributed by atoms with E-state index in [1.54, 1.807) is 13.8 Å². The number of amides is 5. The second kappa shape index (κ2) is 14.4.